The van der Waals surface area contributed by atoms with Crippen molar-refractivity contribution in [2.24, 2.45) is 5.73 Å². The number of carbonyl (C=O) groups excluding carboxylic acids is 1. The number of aromatic nitrogens is 2. The van der Waals surface area contributed by atoms with Crippen molar-refractivity contribution in [2.75, 3.05) is 0 Å². The Morgan fingerprint density at radius 1 is 1.16 bits per heavy atom. The van der Waals surface area contributed by atoms with E-state index in [0.717, 1.165) is 16.7 Å². The number of nitrogens with zero attached hydrogens (tertiary/aromatic N) is 2. The standard InChI is InChI=1S/C14H10ClN3O/c15-9-4-3-5-10(8-9)18-12-7-2-1-6-11(12)17-14(18)13(16)19/h1-8H,(H2,16,19). The maximum Gasteiger partial charge on any atom is 0.285 e. The van der Waals surface area contributed by atoms with Crippen molar-refractivity contribution in [2.45, 2.75) is 0 Å². The number of halogens is 1. The van der Waals surface area contributed by atoms with Crippen molar-refractivity contribution in [1.82, 2.24) is 9.55 Å². The number of para-hydroxylation sites is 2. The molecule has 5 heteroatoms. The van der Waals surface area contributed by atoms with Crippen LogP contribution in [-0.4, -0.2) is 15.5 Å². The molecule has 0 unspecified atom stereocenters. The molecule has 0 aliphatic rings. The van der Waals surface area contributed by atoms with Gasteiger partial charge in [-0.1, -0.05) is 29.8 Å². The van der Waals surface area contributed by atoms with Gasteiger partial charge < -0.3 is 5.73 Å². The van der Waals surface area contributed by atoms with Gasteiger partial charge in [-0.2, -0.15) is 0 Å². The van der Waals surface area contributed by atoms with Crippen LogP contribution in [-0.2, 0) is 0 Å². The minimum Gasteiger partial charge on any atom is -0.363 e. The highest BCUT2D eigenvalue weighted by Crippen LogP contribution is 2.23. The average Bonchev–Trinajstić information content (AvgIpc) is 2.78. The summed E-state index contributed by atoms with van der Waals surface area (Å²) in [6.45, 7) is 0. The highest BCUT2D eigenvalue weighted by Gasteiger charge is 2.16. The average molecular weight is 272 g/mol. The fraction of sp³-hybridized carbons (Fsp3) is 0. The van der Waals surface area contributed by atoms with Crippen LogP contribution in [0.4, 0.5) is 0 Å². The predicted octanol–water partition coefficient (Wildman–Crippen LogP) is 2.78. The van der Waals surface area contributed by atoms with Crippen LogP contribution in [0.2, 0.25) is 5.02 Å². The number of carbonyl (C=O) groups is 1. The molecule has 3 aromatic rings. The van der Waals surface area contributed by atoms with Crippen LogP contribution < -0.4 is 5.73 Å². The number of hydrogen-bond donors (Lipinski definition) is 1. The summed E-state index contributed by atoms with van der Waals surface area (Å²) in [5.74, 6) is -0.375. The second-order valence-corrected chi connectivity index (χ2v) is 4.54. The monoisotopic (exact) mass is 271 g/mol. The molecule has 0 aliphatic heterocycles. The molecule has 0 saturated carbocycles. The SMILES string of the molecule is NC(=O)c1nc2ccccc2n1-c1cccc(Cl)c1. The Morgan fingerprint density at radius 2 is 1.95 bits per heavy atom. The zero-order chi connectivity index (χ0) is 13.4. The first kappa shape index (κ1) is 11.7. The molecule has 0 radical (unpaired) electrons. The fourth-order valence-corrected chi connectivity index (χ4v) is 2.25. The first-order valence-corrected chi connectivity index (χ1v) is 6.08. The molecule has 0 atom stereocenters. The lowest BCUT2D eigenvalue weighted by atomic mass is 10.3. The number of benzene rings is 2. The number of nitrogens with two attached hydrogens (primary N) is 1. The van der Waals surface area contributed by atoms with Gasteiger partial charge >= 0.3 is 0 Å². The number of imidazole rings is 1. The van der Waals surface area contributed by atoms with Crippen LogP contribution >= 0.6 is 11.6 Å². The van der Waals surface area contributed by atoms with E-state index in [1.165, 1.54) is 0 Å². The van der Waals surface area contributed by atoms with E-state index in [0.29, 0.717) is 5.02 Å². The summed E-state index contributed by atoms with van der Waals surface area (Å²) in [6.07, 6.45) is 0. The molecule has 0 aliphatic carbocycles. The lowest BCUT2D eigenvalue weighted by Gasteiger charge is -2.07. The topological polar surface area (TPSA) is 60.9 Å². The van der Waals surface area contributed by atoms with Crippen molar-refractivity contribution < 1.29 is 4.79 Å². The number of hydrogen-bond acceptors (Lipinski definition) is 2. The van der Waals surface area contributed by atoms with E-state index in [4.69, 9.17) is 17.3 Å². The molecule has 2 N–H and O–H groups in total. The van der Waals surface area contributed by atoms with Crippen molar-refractivity contribution >= 4 is 28.5 Å². The Labute approximate surface area is 114 Å². The molecular formula is C14H10ClN3O. The maximum absolute atomic E-state index is 11.6. The molecule has 0 bridgehead atoms. The summed E-state index contributed by atoms with van der Waals surface area (Å²) in [4.78, 5) is 15.8. The van der Waals surface area contributed by atoms with Crippen LogP contribution in [0.25, 0.3) is 16.7 Å². The summed E-state index contributed by atoms with van der Waals surface area (Å²) in [5, 5.41) is 0.589. The summed E-state index contributed by atoms with van der Waals surface area (Å²) < 4.78 is 1.71. The normalized spacial score (nSPS) is 10.8. The quantitative estimate of drug-likeness (QED) is 0.779. The van der Waals surface area contributed by atoms with Crippen molar-refractivity contribution in [3.05, 3.63) is 59.4 Å². The molecule has 1 heterocycles. The molecular weight excluding hydrogens is 262 g/mol. The van der Waals surface area contributed by atoms with Gasteiger partial charge in [-0.15, -0.1) is 0 Å². The van der Waals surface area contributed by atoms with E-state index in [-0.39, 0.29) is 5.82 Å². The summed E-state index contributed by atoms with van der Waals surface area (Å²) in [6, 6.07) is 14.7. The second-order valence-electron chi connectivity index (χ2n) is 4.10. The van der Waals surface area contributed by atoms with E-state index < -0.39 is 5.91 Å². The Balaban J connectivity index is 2.38. The number of primary amides is 1. The maximum atomic E-state index is 11.6. The van der Waals surface area contributed by atoms with Gasteiger partial charge in [-0.3, -0.25) is 9.36 Å². The molecule has 1 aromatic heterocycles. The first-order valence-electron chi connectivity index (χ1n) is 5.70. The predicted molar refractivity (Wildman–Crippen MR) is 74.6 cm³/mol. The van der Waals surface area contributed by atoms with E-state index in [1.807, 2.05) is 36.4 Å². The molecule has 0 spiro atoms. The fourth-order valence-electron chi connectivity index (χ4n) is 2.07. The Bertz CT molecular complexity index is 779. The van der Waals surface area contributed by atoms with Crippen LogP contribution in [0, 0.1) is 0 Å². The van der Waals surface area contributed by atoms with Gasteiger partial charge in [0.1, 0.15) is 0 Å². The minimum atomic E-state index is -0.573. The van der Waals surface area contributed by atoms with Crippen LogP contribution in [0.1, 0.15) is 10.6 Å². The van der Waals surface area contributed by atoms with Crippen molar-refractivity contribution in [3.8, 4) is 5.69 Å². The Hall–Kier alpha value is -2.33. The van der Waals surface area contributed by atoms with Crippen LogP contribution in [0.15, 0.2) is 48.5 Å². The third-order valence-electron chi connectivity index (χ3n) is 2.85. The lowest BCUT2D eigenvalue weighted by Crippen LogP contribution is -2.17. The van der Waals surface area contributed by atoms with Gasteiger partial charge in [0.2, 0.25) is 5.82 Å². The highest BCUT2D eigenvalue weighted by atomic mass is 35.5. The van der Waals surface area contributed by atoms with Crippen molar-refractivity contribution in [3.63, 3.8) is 0 Å². The third-order valence-corrected chi connectivity index (χ3v) is 3.08. The first-order chi connectivity index (χ1) is 9.16. The molecule has 19 heavy (non-hydrogen) atoms. The summed E-state index contributed by atoms with van der Waals surface area (Å²) in [7, 11) is 0. The Morgan fingerprint density at radius 3 is 2.68 bits per heavy atom. The zero-order valence-corrected chi connectivity index (χ0v) is 10.6. The van der Waals surface area contributed by atoms with Gasteiger partial charge in [-0.25, -0.2) is 4.98 Å². The van der Waals surface area contributed by atoms with E-state index in [9.17, 15) is 4.79 Å². The molecule has 0 fully saturated rings. The van der Waals surface area contributed by atoms with Crippen molar-refractivity contribution in [1.29, 1.82) is 0 Å². The lowest BCUT2D eigenvalue weighted by molar-refractivity contribution is 0.0989. The van der Waals surface area contributed by atoms with Gasteiger partial charge in [0, 0.05) is 10.7 Å². The molecule has 4 nitrogen and oxygen atoms in total. The van der Waals surface area contributed by atoms with E-state index in [1.54, 1.807) is 16.7 Å². The Kier molecular flexibility index (Phi) is 2.72. The summed E-state index contributed by atoms with van der Waals surface area (Å²) in [5.41, 5.74) is 7.69. The van der Waals surface area contributed by atoms with Gasteiger partial charge in [0.15, 0.2) is 0 Å². The van der Waals surface area contributed by atoms with E-state index in [2.05, 4.69) is 4.98 Å². The van der Waals surface area contributed by atoms with Gasteiger partial charge in [0.05, 0.1) is 11.0 Å². The highest BCUT2D eigenvalue weighted by molar-refractivity contribution is 6.30. The molecule has 2 aromatic carbocycles. The summed E-state index contributed by atoms with van der Waals surface area (Å²) >= 11 is 5.99. The third kappa shape index (κ3) is 1.96. The number of amides is 1. The van der Waals surface area contributed by atoms with Crippen LogP contribution in [0.3, 0.4) is 0 Å². The van der Waals surface area contributed by atoms with E-state index >= 15 is 0 Å². The number of fused-ring (bicyclic) bond motifs is 1. The zero-order valence-electron chi connectivity index (χ0n) is 9.88. The molecule has 1 amide bonds. The minimum absolute atomic E-state index is 0.198. The second kappa shape index (κ2) is 4.40. The van der Waals surface area contributed by atoms with Crippen LogP contribution in [0.5, 0.6) is 0 Å². The molecule has 0 saturated heterocycles. The smallest absolute Gasteiger partial charge is 0.285 e. The van der Waals surface area contributed by atoms with Gasteiger partial charge in [0.25, 0.3) is 5.91 Å². The molecule has 3 rings (SSSR count). The van der Waals surface area contributed by atoms with Gasteiger partial charge in [-0.05, 0) is 30.3 Å². The number of rotatable bonds is 2. The molecule has 94 valence electrons. The largest absolute Gasteiger partial charge is 0.363 e.